The second-order valence-corrected chi connectivity index (χ2v) is 5.68. The Morgan fingerprint density at radius 1 is 1.19 bits per heavy atom. The molecule has 0 aliphatic rings. The van der Waals surface area contributed by atoms with Crippen molar-refractivity contribution >= 4 is 34.2 Å². The van der Waals surface area contributed by atoms with Gasteiger partial charge in [0.15, 0.2) is 0 Å². The Morgan fingerprint density at radius 3 is 2.76 bits per heavy atom. The van der Waals surface area contributed by atoms with Gasteiger partial charge in [-0.2, -0.15) is 0 Å². The molecule has 0 saturated heterocycles. The molecule has 0 radical (unpaired) electrons. The molecule has 5 heteroatoms. The van der Waals surface area contributed by atoms with Crippen molar-refractivity contribution in [2.45, 2.75) is 13.3 Å². The van der Waals surface area contributed by atoms with E-state index in [0.29, 0.717) is 17.3 Å². The van der Waals surface area contributed by atoms with Crippen LogP contribution in [0.25, 0.3) is 16.7 Å². The Bertz CT molecular complexity index is 811. The second-order valence-electron chi connectivity index (χ2n) is 4.87. The number of aromatic nitrogens is 2. The number of halogens is 3. The highest BCUT2D eigenvalue weighted by Gasteiger charge is 2.14. The molecule has 0 aliphatic heterocycles. The molecule has 0 aliphatic carbocycles. The average molecular weight is 323 g/mol. The number of aryl methyl sites for hydroxylation is 2. The van der Waals surface area contributed by atoms with Gasteiger partial charge in [-0.05, 0) is 42.8 Å². The fraction of sp³-hybridized carbons (Fsp3) is 0.188. The summed E-state index contributed by atoms with van der Waals surface area (Å²) in [6.45, 7) is 1.94. The minimum atomic E-state index is -0.281. The van der Waals surface area contributed by atoms with E-state index in [1.165, 1.54) is 12.1 Å². The van der Waals surface area contributed by atoms with E-state index in [1.54, 1.807) is 12.1 Å². The third-order valence-corrected chi connectivity index (χ3v) is 3.84. The minimum Gasteiger partial charge on any atom is -0.296 e. The molecule has 0 N–H and O–H groups in total. The van der Waals surface area contributed by atoms with Gasteiger partial charge in [-0.25, -0.2) is 9.37 Å². The van der Waals surface area contributed by atoms with Crippen molar-refractivity contribution in [2.24, 2.45) is 0 Å². The number of alkyl halides is 1. The highest BCUT2D eigenvalue weighted by Crippen LogP contribution is 2.27. The van der Waals surface area contributed by atoms with E-state index in [9.17, 15) is 4.39 Å². The van der Waals surface area contributed by atoms with Gasteiger partial charge in [0, 0.05) is 17.3 Å². The molecule has 0 saturated carbocycles. The number of imidazole rings is 1. The summed E-state index contributed by atoms with van der Waals surface area (Å²) in [5, 5.41) is 0.620. The first-order chi connectivity index (χ1) is 10.1. The Kier molecular flexibility index (Phi) is 3.87. The highest BCUT2D eigenvalue weighted by molar-refractivity contribution is 6.31. The molecule has 0 atom stereocenters. The Hall–Kier alpha value is -1.58. The van der Waals surface area contributed by atoms with Crippen LogP contribution in [-0.2, 0) is 6.42 Å². The number of nitrogens with zero attached hydrogens (tertiary/aromatic N) is 2. The first kappa shape index (κ1) is 14.4. The normalized spacial score (nSPS) is 11.2. The fourth-order valence-electron chi connectivity index (χ4n) is 2.44. The minimum absolute atomic E-state index is 0.281. The zero-order valence-corrected chi connectivity index (χ0v) is 12.9. The number of benzene rings is 2. The van der Waals surface area contributed by atoms with Gasteiger partial charge in [0.1, 0.15) is 11.6 Å². The van der Waals surface area contributed by atoms with Crippen molar-refractivity contribution in [2.75, 3.05) is 5.88 Å². The maximum atomic E-state index is 13.7. The molecule has 0 fully saturated rings. The third kappa shape index (κ3) is 2.63. The van der Waals surface area contributed by atoms with Crippen LogP contribution in [0.1, 0.15) is 11.4 Å². The molecule has 0 bridgehead atoms. The predicted molar refractivity (Wildman–Crippen MR) is 85.2 cm³/mol. The molecule has 0 unspecified atom stereocenters. The summed E-state index contributed by atoms with van der Waals surface area (Å²) in [6.07, 6.45) is 0.601. The maximum Gasteiger partial charge on any atom is 0.125 e. The lowest BCUT2D eigenvalue weighted by molar-refractivity contribution is 0.626. The summed E-state index contributed by atoms with van der Waals surface area (Å²) in [7, 11) is 0. The standard InChI is InChI=1S/C16H13Cl2FN2/c1-10-2-4-12(19)9-14(10)21-15-8-11(18)3-5-13(15)20-16(21)6-7-17/h2-5,8-9H,6-7H2,1H3. The number of hydrogen-bond acceptors (Lipinski definition) is 1. The van der Waals surface area contributed by atoms with Crippen molar-refractivity contribution in [3.63, 3.8) is 0 Å². The Balaban J connectivity index is 2.35. The molecule has 0 amide bonds. The fourth-order valence-corrected chi connectivity index (χ4v) is 2.78. The van der Waals surface area contributed by atoms with Crippen molar-refractivity contribution < 1.29 is 4.39 Å². The second kappa shape index (κ2) is 5.66. The third-order valence-electron chi connectivity index (χ3n) is 3.42. The molecule has 108 valence electrons. The number of hydrogen-bond donors (Lipinski definition) is 0. The molecule has 0 spiro atoms. The lowest BCUT2D eigenvalue weighted by atomic mass is 10.2. The summed E-state index contributed by atoms with van der Waals surface area (Å²) >= 11 is 12.0. The summed E-state index contributed by atoms with van der Waals surface area (Å²) in [5.41, 5.74) is 3.41. The van der Waals surface area contributed by atoms with Crippen LogP contribution in [0.2, 0.25) is 5.02 Å². The highest BCUT2D eigenvalue weighted by atomic mass is 35.5. The van der Waals surface area contributed by atoms with E-state index in [2.05, 4.69) is 4.98 Å². The van der Waals surface area contributed by atoms with Gasteiger partial charge in [-0.15, -0.1) is 11.6 Å². The summed E-state index contributed by atoms with van der Waals surface area (Å²) < 4.78 is 15.6. The topological polar surface area (TPSA) is 17.8 Å². The van der Waals surface area contributed by atoms with Crippen LogP contribution in [0.5, 0.6) is 0 Å². The van der Waals surface area contributed by atoms with Crippen LogP contribution in [0.15, 0.2) is 36.4 Å². The lowest BCUT2D eigenvalue weighted by Crippen LogP contribution is -2.04. The molecule has 3 aromatic rings. The van der Waals surface area contributed by atoms with Crippen LogP contribution in [-0.4, -0.2) is 15.4 Å². The van der Waals surface area contributed by atoms with Crippen molar-refractivity contribution in [3.8, 4) is 5.69 Å². The first-order valence-corrected chi connectivity index (χ1v) is 7.51. The molecule has 3 rings (SSSR count). The summed E-state index contributed by atoms with van der Waals surface area (Å²) in [6, 6.07) is 10.2. The molecule has 1 aromatic heterocycles. The zero-order valence-electron chi connectivity index (χ0n) is 11.4. The average Bonchev–Trinajstić information content (AvgIpc) is 2.79. The zero-order chi connectivity index (χ0) is 15.0. The predicted octanol–water partition coefficient (Wildman–Crippen LogP) is 4.91. The maximum absolute atomic E-state index is 13.7. The van der Waals surface area contributed by atoms with E-state index in [0.717, 1.165) is 28.1 Å². The number of rotatable bonds is 3. The van der Waals surface area contributed by atoms with Gasteiger partial charge in [0.2, 0.25) is 0 Å². The van der Waals surface area contributed by atoms with Crippen molar-refractivity contribution in [1.82, 2.24) is 9.55 Å². The van der Waals surface area contributed by atoms with Gasteiger partial charge in [0.05, 0.1) is 16.7 Å². The van der Waals surface area contributed by atoms with Crippen LogP contribution >= 0.6 is 23.2 Å². The van der Waals surface area contributed by atoms with Gasteiger partial charge >= 0.3 is 0 Å². The van der Waals surface area contributed by atoms with E-state index in [1.807, 2.05) is 23.6 Å². The molecular formula is C16H13Cl2FN2. The monoisotopic (exact) mass is 322 g/mol. The van der Waals surface area contributed by atoms with Gasteiger partial charge in [-0.3, -0.25) is 4.57 Å². The van der Waals surface area contributed by atoms with E-state index >= 15 is 0 Å². The molecular weight excluding hydrogens is 310 g/mol. The van der Waals surface area contributed by atoms with Gasteiger partial charge in [-0.1, -0.05) is 17.7 Å². The first-order valence-electron chi connectivity index (χ1n) is 6.59. The quantitative estimate of drug-likeness (QED) is 0.626. The summed E-state index contributed by atoms with van der Waals surface area (Å²) in [4.78, 5) is 4.59. The van der Waals surface area contributed by atoms with Crippen LogP contribution < -0.4 is 0 Å². The summed E-state index contributed by atoms with van der Waals surface area (Å²) in [5.74, 6) is 0.970. The van der Waals surface area contributed by atoms with Gasteiger partial charge in [0.25, 0.3) is 0 Å². The number of fused-ring (bicyclic) bond motifs is 1. The van der Waals surface area contributed by atoms with Crippen molar-refractivity contribution in [3.05, 3.63) is 58.6 Å². The SMILES string of the molecule is Cc1ccc(F)cc1-n1c(CCCl)nc2ccc(Cl)cc21. The molecule has 21 heavy (non-hydrogen) atoms. The van der Waals surface area contributed by atoms with Crippen LogP contribution in [0.3, 0.4) is 0 Å². The van der Waals surface area contributed by atoms with Gasteiger partial charge < -0.3 is 0 Å². The smallest absolute Gasteiger partial charge is 0.125 e. The van der Waals surface area contributed by atoms with Crippen molar-refractivity contribution in [1.29, 1.82) is 0 Å². The Labute approximate surface area is 132 Å². The van der Waals surface area contributed by atoms with Crippen LogP contribution in [0, 0.1) is 12.7 Å². The Morgan fingerprint density at radius 2 is 2.00 bits per heavy atom. The van der Waals surface area contributed by atoms with Crippen LogP contribution in [0.4, 0.5) is 4.39 Å². The molecule has 1 heterocycles. The van der Waals surface area contributed by atoms with E-state index < -0.39 is 0 Å². The molecule has 2 aromatic carbocycles. The molecule has 2 nitrogen and oxygen atoms in total. The largest absolute Gasteiger partial charge is 0.296 e. The lowest BCUT2D eigenvalue weighted by Gasteiger charge is -2.12. The van der Waals surface area contributed by atoms with E-state index in [-0.39, 0.29) is 5.82 Å². The van der Waals surface area contributed by atoms with E-state index in [4.69, 9.17) is 23.2 Å².